The predicted molar refractivity (Wildman–Crippen MR) is 173 cm³/mol. The molecule has 1 unspecified atom stereocenters. The quantitative estimate of drug-likeness (QED) is 0.0949. The zero-order valence-electron chi connectivity index (χ0n) is 27.2. The van der Waals surface area contributed by atoms with E-state index in [-0.39, 0.29) is 49.5 Å². The monoisotopic (exact) mass is 656 g/mol. The lowest BCUT2D eigenvalue weighted by Gasteiger charge is -2.48. The van der Waals surface area contributed by atoms with Crippen LogP contribution in [-0.4, -0.2) is 83.3 Å². The molecule has 0 radical (unpaired) electrons. The Labute approximate surface area is 274 Å². The molecule has 15 nitrogen and oxygen atoms in total. The molecule has 1 aromatic rings. The number of carboxylic acids is 1. The van der Waals surface area contributed by atoms with E-state index >= 15 is 0 Å². The fourth-order valence-corrected chi connectivity index (χ4v) is 6.50. The van der Waals surface area contributed by atoms with Crippen molar-refractivity contribution >= 4 is 41.5 Å². The summed E-state index contributed by atoms with van der Waals surface area (Å²) in [6, 6.07) is 5.01. The second kappa shape index (κ2) is 16.7. The maximum Gasteiger partial charge on any atom is 0.305 e. The minimum absolute atomic E-state index is 0.0270. The van der Waals surface area contributed by atoms with Crippen LogP contribution in [0.15, 0.2) is 35.3 Å². The molecule has 3 rings (SSSR count). The molecule has 6 atom stereocenters. The molecule has 1 spiro atoms. The zero-order valence-corrected chi connectivity index (χ0v) is 27.2. The number of hydrogen-bond donors (Lipinski definition) is 8. The fraction of sp³-hybridized carbons (Fsp3) is 0.594. The first-order chi connectivity index (χ1) is 22.2. The number of nitrogens with one attached hydrogen (secondary N) is 5. The number of amides is 5. The van der Waals surface area contributed by atoms with Gasteiger partial charge in [-0.15, -0.1) is 0 Å². The topological polar surface area (TPSA) is 247 Å². The van der Waals surface area contributed by atoms with E-state index in [1.807, 2.05) is 20.8 Å². The summed E-state index contributed by atoms with van der Waals surface area (Å²) < 4.78 is 0. The second-order valence-corrected chi connectivity index (χ2v) is 12.9. The number of carbonyl (C=O) groups is 6. The lowest BCUT2D eigenvalue weighted by molar-refractivity contribution is -0.143. The number of hydrogen-bond acceptors (Lipinski definition) is 7. The smallest absolute Gasteiger partial charge is 0.305 e. The molecular formula is C32H48N8O7. The van der Waals surface area contributed by atoms with E-state index in [4.69, 9.17) is 11.5 Å². The summed E-state index contributed by atoms with van der Waals surface area (Å²) in [6.45, 7) is 5.51. The predicted octanol–water partition coefficient (Wildman–Crippen LogP) is -0.711. The molecule has 0 aromatic heterocycles. The molecule has 0 bridgehead atoms. The van der Waals surface area contributed by atoms with Crippen molar-refractivity contribution in [1.82, 2.24) is 26.6 Å². The maximum absolute atomic E-state index is 14.5. The van der Waals surface area contributed by atoms with Crippen LogP contribution >= 0.6 is 0 Å². The number of aliphatic carboxylic acids is 1. The van der Waals surface area contributed by atoms with Crippen LogP contribution in [0.2, 0.25) is 0 Å². The summed E-state index contributed by atoms with van der Waals surface area (Å²) in [6.07, 6.45) is 1.41. The summed E-state index contributed by atoms with van der Waals surface area (Å²) >= 11 is 0. The van der Waals surface area contributed by atoms with Crippen molar-refractivity contribution in [2.75, 3.05) is 13.1 Å². The van der Waals surface area contributed by atoms with E-state index in [0.29, 0.717) is 18.4 Å². The Morgan fingerprint density at radius 2 is 1.66 bits per heavy atom. The summed E-state index contributed by atoms with van der Waals surface area (Å²) in [4.78, 5) is 84.1. The molecular weight excluding hydrogens is 608 g/mol. The number of nitrogens with two attached hydrogens (primary N) is 2. The molecule has 47 heavy (non-hydrogen) atoms. The van der Waals surface area contributed by atoms with E-state index in [2.05, 4.69) is 31.6 Å². The second-order valence-electron chi connectivity index (χ2n) is 12.9. The lowest BCUT2D eigenvalue weighted by atomic mass is 9.64. The van der Waals surface area contributed by atoms with Crippen LogP contribution in [0, 0.1) is 17.8 Å². The number of rotatable bonds is 9. The summed E-state index contributed by atoms with van der Waals surface area (Å²) in [5, 5.41) is 22.8. The summed E-state index contributed by atoms with van der Waals surface area (Å²) in [5.41, 5.74) is 10.1. The molecule has 15 heteroatoms. The van der Waals surface area contributed by atoms with E-state index in [1.54, 1.807) is 30.3 Å². The number of aliphatic imine (C=N–C) groups is 1. The number of benzene rings is 1. The molecule has 1 heterocycles. The van der Waals surface area contributed by atoms with Gasteiger partial charge in [0.05, 0.1) is 13.0 Å². The third-order valence-electron chi connectivity index (χ3n) is 8.77. The Hall–Kier alpha value is -4.69. The molecule has 10 N–H and O–H groups in total. The first-order valence-electron chi connectivity index (χ1n) is 16.0. The molecule has 2 aliphatic rings. The number of guanidine groups is 1. The highest BCUT2D eigenvalue weighted by Crippen LogP contribution is 2.41. The van der Waals surface area contributed by atoms with Gasteiger partial charge >= 0.3 is 5.97 Å². The Balaban J connectivity index is 2.11. The summed E-state index contributed by atoms with van der Waals surface area (Å²) in [7, 11) is 0. The van der Waals surface area contributed by atoms with Crippen molar-refractivity contribution < 1.29 is 33.9 Å². The van der Waals surface area contributed by atoms with Crippen molar-refractivity contribution in [2.24, 2.45) is 34.2 Å². The highest BCUT2D eigenvalue weighted by Gasteiger charge is 2.52. The van der Waals surface area contributed by atoms with Crippen LogP contribution in [-0.2, 0) is 35.2 Å². The van der Waals surface area contributed by atoms with Gasteiger partial charge in [-0.05, 0) is 49.0 Å². The third-order valence-corrected chi connectivity index (χ3v) is 8.77. The third kappa shape index (κ3) is 10.4. The Morgan fingerprint density at radius 3 is 2.30 bits per heavy atom. The van der Waals surface area contributed by atoms with E-state index < -0.39 is 72.1 Å². The van der Waals surface area contributed by atoms with Gasteiger partial charge in [0, 0.05) is 13.0 Å². The van der Waals surface area contributed by atoms with Crippen molar-refractivity contribution in [3.63, 3.8) is 0 Å². The highest BCUT2D eigenvalue weighted by atomic mass is 16.4. The van der Waals surface area contributed by atoms with Crippen LogP contribution in [0.4, 0.5) is 0 Å². The van der Waals surface area contributed by atoms with E-state index in [9.17, 15) is 33.9 Å². The minimum Gasteiger partial charge on any atom is -0.481 e. The van der Waals surface area contributed by atoms with Crippen LogP contribution < -0.4 is 38.1 Å². The van der Waals surface area contributed by atoms with Gasteiger partial charge in [-0.2, -0.15) is 0 Å². The largest absolute Gasteiger partial charge is 0.481 e. The van der Waals surface area contributed by atoms with Crippen molar-refractivity contribution in [3.8, 4) is 0 Å². The average Bonchev–Trinajstić information content (AvgIpc) is 3.00. The molecule has 5 amide bonds. The Kier molecular flexibility index (Phi) is 13.1. The van der Waals surface area contributed by atoms with Gasteiger partial charge in [0.2, 0.25) is 29.5 Å². The molecule has 1 saturated carbocycles. The first-order valence-corrected chi connectivity index (χ1v) is 16.0. The van der Waals surface area contributed by atoms with Gasteiger partial charge < -0.3 is 43.2 Å². The van der Waals surface area contributed by atoms with E-state index in [0.717, 1.165) is 6.42 Å². The van der Waals surface area contributed by atoms with Crippen molar-refractivity contribution in [3.05, 3.63) is 35.9 Å². The number of carboxylic acid groups (broad SMARTS) is 1. The first kappa shape index (κ1) is 36.8. The Bertz CT molecular complexity index is 1330. The average molecular weight is 657 g/mol. The van der Waals surface area contributed by atoms with Gasteiger partial charge in [0.15, 0.2) is 5.96 Å². The van der Waals surface area contributed by atoms with Gasteiger partial charge in [-0.3, -0.25) is 33.8 Å². The summed E-state index contributed by atoms with van der Waals surface area (Å²) in [5.74, 6) is -5.42. The van der Waals surface area contributed by atoms with Gasteiger partial charge in [-0.25, -0.2) is 0 Å². The van der Waals surface area contributed by atoms with Gasteiger partial charge in [0.1, 0.15) is 23.7 Å². The normalized spacial score (nSPS) is 27.7. The standard InChI is InChI=1S/C32H48N8O7/c1-18(2)21-12-11-19(3)16-32(21)30(47)39-22(10-7-13-35-31(33)34)27(44)36-17-25(41)37-24(15-26(42)43)28(45)38-23(29(46)40-32)14-20-8-5-4-6-9-20/h4-6,8-9,18-19,21-24H,7,10-17H2,1-3H3,(H,36,44)(H,37,41)(H,38,45)(H,39,47)(H,40,46)(H,42,43)(H4,33,34,35)/t19-,21+,22-,23+,24-,32?/m0/s1. The van der Waals surface area contributed by atoms with Gasteiger partial charge in [0.25, 0.3) is 0 Å². The van der Waals surface area contributed by atoms with E-state index in [1.165, 1.54) is 0 Å². The van der Waals surface area contributed by atoms with Crippen molar-refractivity contribution in [1.29, 1.82) is 0 Å². The van der Waals surface area contributed by atoms with Crippen LogP contribution in [0.1, 0.15) is 64.9 Å². The molecule has 258 valence electrons. The maximum atomic E-state index is 14.5. The molecule has 1 aliphatic heterocycles. The minimum atomic E-state index is -1.55. The van der Waals surface area contributed by atoms with Crippen molar-refractivity contribution in [2.45, 2.75) is 89.4 Å². The molecule has 2 fully saturated rings. The SMILES string of the molecule is CC(C)[C@H]1CC[C@H](C)CC12NC(=O)[C@@H](Cc1ccccc1)NC(=O)[C@H](CC(=O)O)NC(=O)CNC(=O)[C@H](CCCN=C(N)N)NC2=O. The van der Waals surface area contributed by atoms with Gasteiger partial charge in [-0.1, -0.05) is 57.5 Å². The molecule has 1 aliphatic carbocycles. The van der Waals surface area contributed by atoms with Crippen LogP contribution in [0.25, 0.3) is 0 Å². The molecule has 1 aromatic carbocycles. The Morgan fingerprint density at radius 1 is 0.957 bits per heavy atom. The number of nitrogens with zero attached hydrogens (tertiary/aromatic N) is 1. The molecule has 1 saturated heterocycles. The highest BCUT2D eigenvalue weighted by molar-refractivity contribution is 5.99. The lowest BCUT2D eigenvalue weighted by Crippen LogP contribution is -2.69. The number of carbonyl (C=O) groups excluding carboxylic acids is 5. The fourth-order valence-electron chi connectivity index (χ4n) is 6.50. The van der Waals surface area contributed by atoms with Crippen LogP contribution in [0.3, 0.4) is 0 Å². The van der Waals surface area contributed by atoms with Crippen LogP contribution in [0.5, 0.6) is 0 Å². The zero-order chi connectivity index (χ0) is 34.7.